The summed E-state index contributed by atoms with van der Waals surface area (Å²) in [6, 6.07) is 24.4. The number of carbonyl (C=O) groups excluding carboxylic acids is 1. The van der Waals surface area contributed by atoms with E-state index in [4.69, 9.17) is 4.98 Å². The number of hydrogen-bond donors (Lipinski definition) is 1. The maximum absolute atomic E-state index is 13.6. The lowest BCUT2D eigenvalue weighted by atomic mass is 10.2. The fourth-order valence-corrected chi connectivity index (χ4v) is 3.97. The zero-order valence-electron chi connectivity index (χ0n) is 17.0. The molecule has 0 unspecified atom stereocenters. The number of halogens is 1. The molecule has 0 atom stereocenters. The monoisotopic (exact) mass is 412 g/mol. The lowest BCUT2D eigenvalue weighted by Gasteiger charge is -2.11. The molecule has 0 aliphatic carbocycles. The second kappa shape index (κ2) is 7.72. The predicted molar refractivity (Wildman–Crippen MR) is 119 cm³/mol. The molecule has 154 valence electrons. The average molecular weight is 412 g/mol. The molecule has 5 nitrogen and oxygen atoms in total. The minimum Gasteiger partial charge on any atom is -0.344 e. The Morgan fingerprint density at radius 3 is 2.58 bits per heavy atom. The maximum Gasteiger partial charge on any atom is 0.268 e. The maximum atomic E-state index is 13.6. The van der Waals surface area contributed by atoms with Crippen LogP contribution in [0.5, 0.6) is 0 Å². The van der Waals surface area contributed by atoms with Gasteiger partial charge in [0.05, 0.1) is 23.1 Å². The van der Waals surface area contributed by atoms with Gasteiger partial charge in [-0.3, -0.25) is 4.79 Å². The van der Waals surface area contributed by atoms with Crippen molar-refractivity contribution in [1.29, 1.82) is 0 Å². The van der Waals surface area contributed by atoms with Gasteiger partial charge in [-0.2, -0.15) is 0 Å². The molecule has 2 heterocycles. The van der Waals surface area contributed by atoms with Gasteiger partial charge in [0.15, 0.2) is 0 Å². The third-order valence-corrected chi connectivity index (χ3v) is 5.56. The Morgan fingerprint density at radius 1 is 0.968 bits per heavy atom. The van der Waals surface area contributed by atoms with Crippen molar-refractivity contribution >= 4 is 27.8 Å². The fourth-order valence-electron chi connectivity index (χ4n) is 3.97. The number of nitrogens with zero attached hydrogens (tertiary/aromatic N) is 3. The van der Waals surface area contributed by atoms with Gasteiger partial charge < -0.3 is 14.5 Å². The Labute approximate surface area is 178 Å². The first-order chi connectivity index (χ1) is 15.1. The molecule has 1 N–H and O–H groups in total. The summed E-state index contributed by atoms with van der Waals surface area (Å²) < 4.78 is 17.4. The number of amides is 1. The summed E-state index contributed by atoms with van der Waals surface area (Å²) in [5, 5.41) is 3.81. The lowest BCUT2D eigenvalue weighted by molar-refractivity contribution is 0.0942. The average Bonchev–Trinajstić information content (AvgIpc) is 3.30. The van der Waals surface area contributed by atoms with Gasteiger partial charge in [0.25, 0.3) is 5.91 Å². The molecule has 0 aliphatic rings. The number of nitrogens with one attached hydrogen (secondary N) is 1. The molecule has 3 aromatic carbocycles. The minimum atomic E-state index is -0.324. The first-order valence-corrected chi connectivity index (χ1v) is 10.1. The molecule has 0 saturated carbocycles. The first kappa shape index (κ1) is 19.1. The summed E-state index contributed by atoms with van der Waals surface area (Å²) in [4.78, 5) is 17.7. The second-order valence-electron chi connectivity index (χ2n) is 7.56. The Morgan fingerprint density at radius 2 is 1.74 bits per heavy atom. The number of imidazole rings is 1. The molecule has 0 fully saturated rings. The largest absolute Gasteiger partial charge is 0.344 e. The molecule has 5 aromatic rings. The Balaban J connectivity index is 1.44. The van der Waals surface area contributed by atoms with Crippen LogP contribution < -0.4 is 5.32 Å². The molecule has 0 spiro atoms. The molecule has 2 aromatic heterocycles. The standard InChI is InChI=1S/C25H21FN4O/c1-29-22-14-19(26)12-11-18(22)13-23(29)25(31)27-15-24-28-20-9-5-6-10-21(20)30(24)16-17-7-3-2-4-8-17/h2-14H,15-16H2,1H3,(H,27,31). The van der Waals surface area contributed by atoms with Crippen molar-refractivity contribution in [2.75, 3.05) is 0 Å². The molecule has 6 heteroatoms. The van der Waals surface area contributed by atoms with Gasteiger partial charge in [-0.05, 0) is 42.0 Å². The number of para-hydroxylation sites is 2. The van der Waals surface area contributed by atoms with Crippen LogP contribution in [-0.2, 0) is 20.1 Å². The van der Waals surface area contributed by atoms with E-state index >= 15 is 0 Å². The zero-order valence-corrected chi connectivity index (χ0v) is 17.0. The van der Waals surface area contributed by atoms with Crippen molar-refractivity contribution in [3.05, 3.63) is 102 Å². The van der Waals surface area contributed by atoms with E-state index in [2.05, 4.69) is 22.0 Å². The summed E-state index contributed by atoms with van der Waals surface area (Å²) in [6.45, 7) is 0.954. The van der Waals surface area contributed by atoms with Gasteiger partial charge in [0.1, 0.15) is 17.3 Å². The van der Waals surface area contributed by atoms with Crippen LogP contribution in [0.4, 0.5) is 4.39 Å². The smallest absolute Gasteiger partial charge is 0.268 e. The molecule has 1 amide bonds. The van der Waals surface area contributed by atoms with E-state index < -0.39 is 0 Å². The molecular weight excluding hydrogens is 391 g/mol. The quantitative estimate of drug-likeness (QED) is 0.457. The summed E-state index contributed by atoms with van der Waals surface area (Å²) >= 11 is 0. The summed E-state index contributed by atoms with van der Waals surface area (Å²) in [6.07, 6.45) is 0. The second-order valence-corrected chi connectivity index (χ2v) is 7.56. The number of aryl methyl sites for hydroxylation is 1. The molecule has 0 saturated heterocycles. The zero-order chi connectivity index (χ0) is 21.4. The molecule has 0 bridgehead atoms. The number of carbonyl (C=O) groups is 1. The first-order valence-electron chi connectivity index (χ1n) is 10.1. The highest BCUT2D eigenvalue weighted by Gasteiger charge is 2.16. The van der Waals surface area contributed by atoms with Crippen LogP contribution in [0.3, 0.4) is 0 Å². The van der Waals surface area contributed by atoms with E-state index in [0.29, 0.717) is 17.8 Å². The van der Waals surface area contributed by atoms with E-state index in [9.17, 15) is 9.18 Å². The van der Waals surface area contributed by atoms with Crippen LogP contribution in [0, 0.1) is 5.82 Å². The molecule has 0 aliphatic heterocycles. The highest BCUT2D eigenvalue weighted by molar-refractivity contribution is 5.98. The van der Waals surface area contributed by atoms with Crippen LogP contribution >= 0.6 is 0 Å². The molecule has 31 heavy (non-hydrogen) atoms. The number of aromatic nitrogens is 3. The summed E-state index contributed by atoms with van der Waals surface area (Å²) in [5.41, 5.74) is 4.24. The van der Waals surface area contributed by atoms with E-state index in [1.165, 1.54) is 12.1 Å². The lowest BCUT2D eigenvalue weighted by Crippen LogP contribution is -2.26. The van der Waals surface area contributed by atoms with E-state index in [1.54, 1.807) is 23.7 Å². The SMILES string of the molecule is Cn1c(C(=O)NCc2nc3ccccc3n2Cc2ccccc2)cc2ccc(F)cc21. The third-order valence-electron chi connectivity index (χ3n) is 5.56. The van der Waals surface area contributed by atoms with Crippen molar-refractivity contribution in [3.63, 3.8) is 0 Å². The molecule has 0 radical (unpaired) electrons. The highest BCUT2D eigenvalue weighted by atomic mass is 19.1. The summed E-state index contributed by atoms with van der Waals surface area (Å²) in [7, 11) is 1.77. The molecule has 5 rings (SSSR count). The number of hydrogen-bond acceptors (Lipinski definition) is 2. The van der Waals surface area contributed by atoms with Crippen molar-refractivity contribution in [1.82, 2.24) is 19.4 Å². The number of rotatable bonds is 5. The van der Waals surface area contributed by atoms with Gasteiger partial charge in [0.2, 0.25) is 0 Å². The van der Waals surface area contributed by atoms with E-state index in [1.807, 2.05) is 42.5 Å². The van der Waals surface area contributed by atoms with Crippen LogP contribution in [0.1, 0.15) is 21.9 Å². The van der Waals surface area contributed by atoms with Crippen molar-refractivity contribution < 1.29 is 9.18 Å². The Hall–Kier alpha value is -3.93. The summed E-state index contributed by atoms with van der Waals surface area (Å²) in [5.74, 6) is 0.232. The van der Waals surface area contributed by atoms with E-state index in [0.717, 1.165) is 27.8 Å². The topological polar surface area (TPSA) is 51.9 Å². The Kier molecular flexibility index (Phi) is 4.75. The van der Waals surface area contributed by atoms with Gasteiger partial charge in [-0.15, -0.1) is 0 Å². The van der Waals surface area contributed by atoms with Crippen molar-refractivity contribution in [2.24, 2.45) is 7.05 Å². The van der Waals surface area contributed by atoms with Crippen LogP contribution in [0.15, 0.2) is 78.9 Å². The van der Waals surface area contributed by atoms with Gasteiger partial charge >= 0.3 is 0 Å². The normalized spacial score (nSPS) is 11.3. The van der Waals surface area contributed by atoms with E-state index in [-0.39, 0.29) is 18.3 Å². The van der Waals surface area contributed by atoms with Crippen molar-refractivity contribution in [3.8, 4) is 0 Å². The Bertz CT molecular complexity index is 1400. The minimum absolute atomic E-state index is 0.225. The van der Waals surface area contributed by atoms with Gasteiger partial charge in [0, 0.05) is 19.0 Å². The van der Waals surface area contributed by atoms with Crippen LogP contribution in [0.25, 0.3) is 21.9 Å². The van der Waals surface area contributed by atoms with Gasteiger partial charge in [-0.1, -0.05) is 42.5 Å². The van der Waals surface area contributed by atoms with Crippen molar-refractivity contribution in [2.45, 2.75) is 13.1 Å². The fraction of sp³-hybridized carbons (Fsp3) is 0.120. The number of fused-ring (bicyclic) bond motifs is 2. The number of benzene rings is 3. The van der Waals surface area contributed by atoms with Crippen LogP contribution in [-0.4, -0.2) is 20.0 Å². The highest BCUT2D eigenvalue weighted by Crippen LogP contribution is 2.21. The molecular formula is C25H21FN4O. The predicted octanol–water partition coefficient (Wildman–Crippen LogP) is 4.65. The third kappa shape index (κ3) is 3.57. The van der Waals surface area contributed by atoms with Gasteiger partial charge in [-0.25, -0.2) is 9.37 Å². The van der Waals surface area contributed by atoms with Crippen LogP contribution in [0.2, 0.25) is 0 Å².